The van der Waals surface area contributed by atoms with Crippen molar-refractivity contribution in [2.24, 2.45) is 5.41 Å². The van der Waals surface area contributed by atoms with Crippen LogP contribution in [-0.4, -0.2) is 19.6 Å². The number of anilines is 3. The summed E-state index contributed by atoms with van der Waals surface area (Å²) in [5.41, 5.74) is 7.28. The molecule has 2 heterocycles. The first-order valence-corrected chi connectivity index (χ1v) is 13.4. The average molecular weight is 519 g/mol. The molecular formula is C34H34N2O3. The minimum Gasteiger partial charge on any atom is -0.456 e. The van der Waals surface area contributed by atoms with E-state index < -0.39 is 5.60 Å². The van der Waals surface area contributed by atoms with Crippen LogP contribution in [0.5, 0.6) is 11.5 Å². The van der Waals surface area contributed by atoms with Crippen molar-refractivity contribution in [2.45, 2.75) is 40.2 Å². The van der Waals surface area contributed by atoms with Gasteiger partial charge < -0.3 is 19.7 Å². The van der Waals surface area contributed by atoms with Crippen LogP contribution in [0.2, 0.25) is 0 Å². The number of carbonyl (C=O) groups is 1. The maximum Gasteiger partial charge on any atom is 0.340 e. The Morgan fingerprint density at radius 1 is 0.846 bits per heavy atom. The topological polar surface area (TPSA) is 50.8 Å². The second kappa shape index (κ2) is 8.91. The summed E-state index contributed by atoms with van der Waals surface area (Å²) >= 11 is 0. The molecule has 5 heteroatoms. The summed E-state index contributed by atoms with van der Waals surface area (Å²) in [6, 6.07) is 26.3. The molecular weight excluding hydrogens is 484 g/mol. The quantitative estimate of drug-likeness (QED) is 0.277. The zero-order valence-corrected chi connectivity index (χ0v) is 23.4. The Balaban J connectivity index is 1.53. The number of aryl methyl sites for hydroxylation is 2. The van der Waals surface area contributed by atoms with Gasteiger partial charge in [-0.05, 0) is 72.9 Å². The van der Waals surface area contributed by atoms with Crippen molar-refractivity contribution in [1.29, 1.82) is 0 Å². The lowest BCUT2D eigenvalue weighted by atomic mass is 9.77. The number of benzene rings is 4. The molecule has 4 aromatic rings. The second-order valence-electron chi connectivity index (χ2n) is 12.0. The Morgan fingerprint density at radius 3 is 2.38 bits per heavy atom. The van der Waals surface area contributed by atoms with Gasteiger partial charge in [-0.2, -0.15) is 0 Å². The Kier molecular flexibility index (Phi) is 5.72. The first-order valence-electron chi connectivity index (χ1n) is 13.4. The van der Waals surface area contributed by atoms with Crippen molar-refractivity contribution < 1.29 is 14.3 Å². The van der Waals surface area contributed by atoms with Gasteiger partial charge in [0.25, 0.3) is 0 Å². The number of nitrogens with zero attached hydrogens (tertiary/aromatic N) is 1. The lowest BCUT2D eigenvalue weighted by Gasteiger charge is -2.38. The minimum absolute atomic E-state index is 0.136. The van der Waals surface area contributed by atoms with E-state index in [0.717, 1.165) is 45.9 Å². The molecule has 5 nitrogen and oxygen atoms in total. The van der Waals surface area contributed by atoms with Crippen LogP contribution in [0.3, 0.4) is 0 Å². The van der Waals surface area contributed by atoms with Gasteiger partial charge in [-0.25, -0.2) is 4.79 Å². The molecule has 0 fully saturated rings. The van der Waals surface area contributed by atoms with Crippen molar-refractivity contribution in [3.8, 4) is 11.5 Å². The minimum atomic E-state index is -1.10. The van der Waals surface area contributed by atoms with Crippen LogP contribution in [0.1, 0.15) is 58.9 Å². The highest BCUT2D eigenvalue weighted by Gasteiger charge is 2.53. The zero-order valence-electron chi connectivity index (χ0n) is 23.4. The summed E-state index contributed by atoms with van der Waals surface area (Å²) in [5, 5.41) is 3.57. The Labute approximate surface area is 230 Å². The van der Waals surface area contributed by atoms with Crippen molar-refractivity contribution in [3.63, 3.8) is 0 Å². The molecule has 0 amide bonds. The maximum atomic E-state index is 13.3. The number of carbonyl (C=O) groups excluding carboxylic acids is 1. The van der Waals surface area contributed by atoms with Crippen molar-refractivity contribution in [3.05, 3.63) is 112 Å². The summed E-state index contributed by atoms with van der Waals surface area (Å²) in [6.45, 7) is 11.7. The van der Waals surface area contributed by atoms with Gasteiger partial charge in [0, 0.05) is 53.4 Å². The predicted octanol–water partition coefficient (Wildman–Crippen LogP) is 8.10. The van der Waals surface area contributed by atoms with Crippen LogP contribution >= 0.6 is 0 Å². The fourth-order valence-electron chi connectivity index (χ4n) is 5.86. The molecule has 0 saturated heterocycles. The first kappa shape index (κ1) is 25.1. The van der Waals surface area contributed by atoms with Gasteiger partial charge in [-0.3, -0.25) is 0 Å². The van der Waals surface area contributed by atoms with Crippen LogP contribution in [0.15, 0.2) is 78.9 Å². The fraction of sp³-hybridized carbons (Fsp3) is 0.265. The third-order valence-electron chi connectivity index (χ3n) is 7.49. The van der Waals surface area contributed by atoms with Crippen LogP contribution in [0.4, 0.5) is 17.1 Å². The smallest absolute Gasteiger partial charge is 0.340 e. The fourth-order valence-corrected chi connectivity index (χ4v) is 5.86. The van der Waals surface area contributed by atoms with Gasteiger partial charge >= 0.3 is 5.97 Å². The third kappa shape index (κ3) is 4.22. The van der Waals surface area contributed by atoms with Crippen LogP contribution in [0, 0.1) is 19.3 Å². The second-order valence-corrected chi connectivity index (χ2v) is 12.0. The van der Waals surface area contributed by atoms with Crippen molar-refractivity contribution >= 4 is 23.0 Å². The standard InChI is InChI=1S/C34H34N2O3/c1-21-10-9-11-23(16-21)35-29-19-28-30(17-22(29)2)38-31-18-24(36(6)20-33(3,4)5)14-15-27(31)34(28)26-13-8-7-12-25(26)32(37)39-34/h7-19,35H,20H2,1-6H3. The largest absolute Gasteiger partial charge is 0.456 e. The molecule has 0 radical (unpaired) electrons. The van der Waals surface area contributed by atoms with Crippen LogP contribution in [0.25, 0.3) is 0 Å². The molecule has 0 aliphatic carbocycles. The van der Waals surface area contributed by atoms with Crippen LogP contribution in [-0.2, 0) is 10.3 Å². The molecule has 1 atom stereocenters. The lowest BCUT2D eigenvalue weighted by Crippen LogP contribution is -2.34. The maximum absolute atomic E-state index is 13.3. The van der Waals surface area contributed by atoms with Gasteiger partial charge in [-0.1, -0.05) is 51.1 Å². The molecule has 39 heavy (non-hydrogen) atoms. The molecule has 2 aliphatic heterocycles. The van der Waals surface area contributed by atoms with E-state index in [9.17, 15) is 4.79 Å². The third-order valence-corrected chi connectivity index (χ3v) is 7.49. The molecule has 198 valence electrons. The number of esters is 1. The molecule has 4 aromatic carbocycles. The molecule has 2 aliphatic rings. The van der Waals surface area contributed by atoms with E-state index in [1.807, 2.05) is 42.5 Å². The normalized spacial score (nSPS) is 17.1. The molecule has 1 N–H and O–H groups in total. The van der Waals surface area contributed by atoms with E-state index in [4.69, 9.17) is 9.47 Å². The molecule has 6 rings (SSSR count). The molecule has 0 bridgehead atoms. The molecule has 0 saturated carbocycles. The summed E-state index contributed by atoms with van der Waals surface area (Å²) in [7, 11) is 2.10. The van der Waals surface area contributed by atoms with Gasteiger partial charge in [-0.15, -0.1) is 0 Å². The van der Waals surface area contributed by atoms with Crippen LogP contribution < -0.4 is 15.0 Å². The lowest BCUT2D eigenvalue weighted by molar-refractivity contribution is 0.0224. The van der Waals surface area contributed by atoms with E-state index in [1.54, 1.807) is 0 Å². The number of ether oxygens (including phenoxy) is 2. The Morgan fingerprint density at radius 2 is 1.62 bits per heavy atom. The number of hydrogen-bond acceptors (Lipinski definition) is 5. The summed E-state index contributed by atoms with van der Waals surface area (Å²) in [4.78, 5) is 15.5. The Hall–Kier alpha value is -4.25. The van der Waals surface area contributed by atoms with Gasteiger partial charge in [0.2, 0.25) is 0 Å². The SMILES string of the molecule is Cc1cccc(Nc2cc3c(cc2C)Oc2cc(N(C)CC(C)(C)C)ccc2C32OC(=O)c3ccccc32)c1. The zero-order chi connectivity index (χ0) is 27.5. The van der Waals surface area contributed by atoms with Gasteiger partial charge in [0.05, 0.1) is 5.56 Å². The summed E-state index contributed by atoms with van der Waals surface area (Å²) in [5.74, 6) is 1.06. The monoisotopic (exact) mass is 518 g/mol. The highest BCUT2D eigenvalue weighted by Crippen LogP contribution is 2.57. The average Bonchev–Trinajstić information content (AvgIpc) is 3.17. The number of fused-ring (bicyclic) bond motifs is 6. The van der Waals surface area contributed by atoms with E-state index >= 15 is 0 Å². The molecule has 0 aromatic heterocycles. The molecule has 1 spiro atoms. The highest BCUT2D eigenvalue weighted by molar-refractivity contribution is 5.97. The number of nitrogens with one attached hydrogen (secondary N) is 1. The van der Waals surface area contributed by atoms with Gasteiger partial charge in [0.15, 0.2) is 5.60 Å². The molecule has 1 unspecified atom stereocenters. The Bertz CT molecular complexity index is 1620. The van der Waals surface area contributed by atoms with Gasteiger partial charge in [0.1, 0.15) is 11.5 Å². The number of hydrogen-bond donors (Lipinski definition) is 1. The van der Waals surface area contributed by atoms with E-state index in [1.165, 1.54) is 5.56 Å². The van der Waals surface area contributed by atoms with E-state index in [-0.39, 0.29) is 11.4 Å². The van der Waals surface area contributed by atoms with E-state index in [2.05, 4.69) is 88.3 Å². The summed E-state index contributed by atoms with van der Waals surface area (Å²) < 4.78 is 13.0. The van der Waals surface area contributed by atoms with E-state index in [0.29, 0.717) is 17.1 Å². The highest BCUT2D eigenvalue weighted by atomic mass is 16.6. The predicted molar refractivity (Wildman–Crippen MR) is 157 cm³/mol. The van der Waals surface area contributed by atoms with Crippen molar-refractivity contribution in [1.82, 2.24) is 0 Å². The summed E-state index contributed by atoms with van der Waals surface area (Å²) in [6.07, 6.45) is 0. The van der Waals surface area contributed by atoms with Crippen molar-refractivity contribution in [2.75, 3.05) is 23.8 Å². The first-order chi connectivity index (χ1) is 18.5. The number of rotatable bonds is 4.